The number of benzene rings is 1. The zero-order valence-corrected chi connectivity index (χ0v) is 10.7. The molecular formula is C13H15BrO. The van der Waals surface area contributed by atoms with Crippen molar-refractivity contribution in [3.8, 4) is 0 Å². The van der Waals surface area contributed by atoms with Crippen molar-refractivity contribution in [2.75, 3.05) is 0 Å². The zero-order chi connectivity index (χ0) is 11.4. The van der Waals surface area contributed by atoms with Gasteiger partial charge in [0.25, 0.3) is 0 Å². The first-order valence-corrected chi connectivity index (χ1v) is 5.73. The fraction of sp³-hybridized carbons (Fsp3) is 0.308. The molecule has 0 amide bonds. The molecule has 0 N–H and O–H groups in total. The Labute approximate surface area is 99.3 Å². The molecule has 0 aromatic heterocycles. The van der Waals surface area contributed by atoms with E-state index >= 15 is 0 Å². The lowest BCUT2D eigenvalue weighted by Crippen LogP contribution is -1.99. The fourth-order valence-electron chi connectivity index (χ4n) is 1.29. The SMILES string of the molecule is C=C(C)CCC(=O)c1ccc(Br)c(C)c1. The highest BCUT2D eigenvalue weighted by Crippen LogP contribution is 2.18. The average Bonchev–Trinajstić information content (AvgIpc) is 2.18. The number of ketones is 1. The number of halogens is 1. The lowest BCUT2D eigenvalue weighted by molar-refractivity contribution is 0.0982. The van der Waals surface area contributed by atoms with Crippen molar-refractivity contribution < 1.29 is 4.79 Å². The normalized spacial score (nSPS) is 10.1. The van der Waals surface area contributed by atoms with E-state index in [1.165, 1.54) is 0 Å². The lowest BCUT2D eigenvalue weighted by atomic mass is 10.0. The van der Waals surface area contributed by atoms with Crippen molar-refractivity contribution in [3.63, 3.8) is 0 Å². The number of allylic oxidation sites excluding steroid dienone is 1. The van der Waals surface area contributed by atoms with Crippen LogP contribution in [0.15, 0.2) is 34.8 Å². The number of rotatable bonds is 4. The fourth-order valence-corrected chi connectivity index (χ4v) is 1.54. The van der Waals surface area contributed by atoms with Gasteiger partial charge < -0.3 is 0 Å². The first-order chi connectivity index (χ1) is 7.00. The van der Waals surface area contributed by atoms with E-state index in [0.29, 0.717) is 6.42 Å². The Kier molecular flexibility index (Phi) is 4.28. The van der Waals surface area contributed by atoms with Crippen LogP contribution in [0.5, 0.6) is 0 Å². The smallest absolute Gasteiger partial charge is 0.163 e. The summed E-state index contributed by atoms with van der Waals surface area (Å²) in [5, 5.41) is 0. The van der Waals surface area contributed by atoms with Gasteiger partial charge in [-0.15, -0.1) is 6.58 Å². The van der Waals surface area contributed by atoms with Crippen molar-refractivity contribution in [1.29, 1.82) is 0 Å². The molecule has 1 nitrogen and oxygen atoms in total. The Morgan fingerprint density at radius 3 is 2.60 bits per heavy atom. The highest BCUT2D eigenvalue weighted by Gasteiger charge is 2.06. The van der Waals surface area contributed by atoms with E-state index in [-0.39, 0.29) is 5.78 Å². The van der Waals surface area contributed by atoms with Crippen LogP contribution in [0.25, 0.3) is 0 Å². The molecule has 0 bridgehead atoms. The summed E-state index contributed by atoms with van der Waals surface area (Å²) in [7, 11) is 0. The second-order valence-electron chi connectivity index (χ2n) is 3.84. The van der Waals surface area contributed by atoms with Crippen LogP contribution in [0.3, 0.4) is 0 Å². The molecule has 1 aromatic rings. The summed E-state index contributed by atoms with van der Waals surface area (Å²) in [5.74, 6) is 0.189. The molecule has 0 fully saturated rings. The van der Waals surface area contributed by atoms with Gasteiger partial charge in [0.1, 0.15) is 0 Å². The van der Waals surface area contributed by atoms with E-state index in [1.807, 2.05) is 32.0 Å². The molecule has 0 aliphatic rings. The minimum Gasteiger partial charge on any atom is -0.294 e. The van der Waals surface area contributed by atoms with Crippen molar-refractivity contribution in [2.24, 2.45) is 0 Å². The summed E-state index contributed by atoms with van der Waals surface area (Å²) in [6.45, 7) is 7.72. The van der Waals surface area contributed by atoms with Crippen molar-refractivity contribution in [2.45, 2.75) is 26.7 Å². The van der Waals surface area contributed by atoms with Crippen LogP contribution < -0.4 is 0 Å². The Balaban J connectivity index is 2.74. The Hall–Kier alpha value is -0.890. The molecule has 0 radical (unpaired) electrons. The van der Waals surface area contributed by atoms with Crippen molar-refractivity contribution >= 4 is 21.7 Å². The summed E-state index contributed by atoms with van der Waals surface area (Å²) < 4.78 is 1.04. The van der Waals surface area contributed by atoms with E-state index in [1.54, 1.807) is 0 Å². The van der Waals surface area contributed by atoms with Gasteiger partial charge >= 0.3 is 0 Å². The summed E-state index contributed by atoms with van der Waals surface area (Å²) >= 11 is 3.42. The zero-order valence-electron chi connectivity index (χ0n) is 9.14. The van der Waals surface area contributed by atoms with Gasteiger partial charge in [0, 0.05) is 16.5 Å². The quantitative estimate of drug-likeness (QED) is 0.587. The van der Waals surface area contributed by atoms with Gasteiger partial charge in [-0.3, -0.25) is 4.79 Å². The minimum absolute atomic E-state index is 0.189. The molecule has 15 heavy (non-hydrogen) atoms. The van der Waals surface area contributed by atoms with Gasteiger partial charge in [0.15, 0.2) is 5.78 Å². The van der Waals surface area contributed by atoms with E-state index in [2.05, 4.69) is 22.5 Å². The number of hydrogen-bond acceptors (Lipinski definition) is 1. The maximum absolute atomic E-state index is 11.8. The molecule has 0 unspecified atom stereocenters. The Morgan fingerprint density at radius 1 is 1.40 bits per heavy atom. The maximum atomic E-state index is 11.8. The van der Waals surface area contributed by atoms with Crippen LogP contribution in [0.4, 0.5) is 0 Å². The largest absolute Gasteiger partial charge is 0.294 e. The molecular weight excluding hydrogens is 252 g/mol. The van der Waals surface area contributed by atoms with Crippen LogP contribution in [0, 0.1) is 6.92 Å². The van der Waals surface area contributed by atoms with Gasteiger partial charge in [-0.1, -0.05) is 27.6 Å². The van der Waals surface area contributed by atoms with E-state index in [4.69, 9.17) is 0 Å². The summed E-state index contributed by atoms with van der Waals surface area (Å²) in [6.07, 6.45) is 1.32. The summed E-state index contributed by atoms with van der Waals surface area (Å²) in [4.78, 5) is 11.8. The monoisotopic (exact) mass is 266 g/mol. The van der Waals surface area contributed by atoms with Gasteiger partial charge in [0.2, 0.25) is 0 Å². The third-order valence-corrected chi connectivity index (χ3v) is 3.15. The molecule has 0 aliphatic carbocycles. The van der Waals surface area contributed by atoms with Gasteiger partial charge in [-0.25, -0.2) is 0 Å². The molecule has 0 heterocycles. The maximum Gasteiger partial charge on any atom is 0.163 e. The predicted octanol–water partition coefficient (Wildman–Crippen LogP) is 4.30. The summed E-state index contributed by atoms with van der Waals surface area (Å²) in [5.41, 5.74) is 2.94. The number of carbonyl (C=O) groups is 1. The highest BCUT2D eigenvalue weighted by molar-refractivity contribution is 9.10. The molecule has 0 saturated carbocycles. The molecule has 1 rings (SSSR count). The Bertz CT molecular complexity index is 394. The van der Waals surface area contributed by atoms with E-state index in [0.717, 1.165) is 27.6 Å². The molecule has 0 aliphatic heterocycles. The molecule has 0 saturated heterocycles. The van der Waals surface area contributed by atoms with Crippen molar-refractivity contribution in [1.82, 2.24) is 0 Å². The number of carbonyl (C=O) groups excluding carboxylic acids is 1. The topological polar surface area (TPSA) is 17.1 Å². The molecule has 0 spiro atoms. The number of hydrogen-bond donors (Lipinski definition) is 0. The van der Waals surface area contributed by atoms with Gasteiger partial charge in [-0.05, 0) is 38.0 Å². The summed E-state index contributed by atoms with van der Waals surface area (Å²) in [6, 6.07) is 5.70. The van der Waals surface area contributed by atoms with Crippen LogP contribution in [0.2, 0.25) is 0 Å². The molecule has 0 atom stereocenters. The predicted molar refractivity (Wildman–Crippen MR) is 67.3 cm³/mol. The van der Waals surface area contributed by atoms with Crippen LogP contribution in [-0.4, -0.2) is 5.78 Å². The van der Waals surface area contributed by atoms with E-state index < -0.39 is 0 Å². The van der Waals surface area contributed by atoms with Crippen LogP contribution in [-0.2, 0) is 0 Å². The first-order valence-electron chi connectivity index (χ1n) is 4.94. The standard InChI is InChI=1S/C13H15BrO/c1-9(2)4-7-13(15)11-5-6-12(14)10(3)8-11/h5-6,8H,1,4,7H2,2-3H3. The third-order valence-electron chi connectivity index (χ3n) is 2.26. The van der Waals surface area contributed by atoms with Gasteiger partial charge in [-0.2, -0.15) is 0 Å². The average molecular weight is 267 g/mol. The number of aryl methyl sites for hydroxylation is 1. The molecule has 1 aromatic carbocycles. The number of Topliss-reactive ketones (excluding diaryl/α,β-unsaturated/α-hetero) is 1. The molecule has 80 valence electrons. The third kappa shape index (κ3) is 3.63. The Morgan fingerprint density at radius 2 is 2.07 bits per heavy atom. The van der Waals surface area contributed by atoms with Crippen molar-refractivity contribution in [3.05, 3.63) is 46.0 Å². The second kappa shape index (κ2) is 5.26. The molecule has 2 heteroatoms. The van der Waals surface area contributed by atoms with E-state index in [9.17, 15) is 4.79 Å². The lowest BCUT2D eigenvalue weighted by Gasteiger charge is -2.03. The van der Waals surface area contributed by atoms with Gasteiger partial charge in [0.05, 0.1) is 0 Å². The highest BCUT2D eigenvalue weighted by atomic mass is 79.9. The first kappa shape index (κ1) is 12.2. The van der Waals surface area contributed by atoms with Crippen LogP contribution in [0.1, 0.15) is 35.7 Å². The van der Waals surface area contributed by atoms with Crippen LogP contribution >= 0.6 is 15.9 Å². The second-order valence-corrected chi connectivity index (χ2v) is 4.70. The minimum atomic E-state index is 0.189.